The quantitative estimate of drug-likeness (QED) is 0.160. The Morgan fingerprint density at radius 3 is 1.74 bits per heavy atom. The Morgan fingerprint density at radius 1 is 0.681 bits per heavy atom. The molecule has 2 fully saturated rings. The first-order valence-corrected chi connectivity index (χ1v) is 16.4. The SMILES string of the molecule is FC(F)(F)c1cnccc1N1CCC[C@H](CN2C[C@@H](OCc3ccccc3)C(OCc3ccccc3)[C@H](OCc3ccccc3)C2)C1. The first-order valence-electron chi connectivity index (χ1n) is 16.4. The Balaban J connectivity index is 1.20. The van der Waals surface area contributed by atoms with Crippen LogP contribution in [0.15, 0.2) is 109 Å². The minimum Gasteiger partial charge on any atom is -0.371 e. The van der Waals surface area contributed by atoms with Gasteiger partial charge in [-0.2, -0.15) is 13.2 Å². The minimum absolute atomic E-state index is 0.185. The van der Waals surface area contributed by atoms with Crippen LogP contribution in [0.4, 0.5) is 18.9 Å². The summed E-state index contributed by atoms with van der Waals surface area (Å²) in [6, 6.07) is 31.8. The number of hydrogen-bond donors (Lipinski definition) is 0. The molecule has 0 bridgehead atoms. The third-order valence-corrected chi connectivity index (χ3v) is 8.99. The van der Waals surface area contributed by atoms with E-state index in [4.69, 9.17) is 14.2 Å². The van der Waals surface area contributed by atoms with Gasteiger partial charge in [-0.15, -0.1) is 0 Å². The van der Waals surface area contributed by atoms with Crippen LogP contribution in [-0.2, 0) is 40.2 Å². The van der Waals surface area contributed by atoms with Crippen LogP contribution in [0.1, 0.15) is 35.1 Å². The second-order valence-electron chi connectivity index (χ2n) is 12.5. The summed E-state index contributed by atoms with van der Waals surface area (Å²) in [5.41, 5.74) is 2.76. The van der Waals surface area contributed by atoms with Crippen molar-refractivity contribution in [3.63, 3.8) is 0 Å². The normalized spacial score (nSPS) is 21.2. The number of nitrogens with zero attached hydrogens (tertiary/aromatic N) is 3. The van der Waals surface area contributed by atoms with Crippen molar-refractivity contribution in [3.05, 3.63) is 132 Å². The van der Waals surface area contributed by atoms with E-state index in [2.05, 4.69) is 46.3 Å². The fourth-order valence-electron chi connectivity index (χ4n) is 6.69. The molecule has 0 aliphatic carbocycles. The van der Waals surface area contributed by atoms with E-state index in [9.17, 15) is 13.2 Å². The summed E-state index contributed by atoms with van der Waals surface area (Å²) in [5, 5.41) is 0. The summed E-state index contributed by atoms with van der Waals surface area (Å²) >= 11 is 0. The van der Waals surface area contributed by atoms with Gasteiger partial charge in [-0.25, -0.2) is 0 Å². The third-order valence-electron chi connectivity index (χ3n) is 8.99. The van der Waals surface area contributed by atoms with Gasteiger partial charge in [-0.1, -0.05) is 91.0 Å². The Bertz CT molecular complexity index is 1460. The van der Waals surface area contributed by atoms with Gasteiger partial charge in [0.25, 0.3) is 0 Å². The standard InChI is InChI=1S/C38H42F3N3O3/c39-38(40,41)33-21-42-19-18-34(33)44-20-10-17-32(23-44)22-43-24-35(45-26-29-11-4-1-5-12-29)37(47-28-31-15-8-3-9-16-31)36(25-43)46-27-30-13-6-2-7-14-30/h1-9,11-16,18-19,21,32,35-37H,10,17,20,22-28H2/t32-,35-,36-/m1/s1. The van der Waals surface area contributed by atoms with E-state index in [1.807, 2.05) is 59.5 Å². The number of piperidine rings is 2. The summed E-state index contributed by atoms with van der Waals surface area (Å²) in [6.45, 7) is 4.45. The lowest BCUT2D eigenvalue weighted by Crippen LogP contribution is -2.59. The zero-order chi connectivity index (χ0) is 32.5. The van der Waals surface area contributed by atoms with Crippen LogP contribution in [0.5, 0.6) is 0 Å². The van der Waals surface area contributed by atoms with Crippen LogP contribution < -0.4 is 4.90 Å². The molecule has 2 saturated heterocycles. The van der Waals surface area contributed by atoms with E-state index in [0.29, 0.717) is 46.0 Å². The Labute approximate surface area is 275 Å². The predicted octanol–water partition coefficient (Wildman–Crippen LogP) is 7.39. The van der Waals surface area contributed by atoms with Crippen LogP contribution in [0.3, 0.4) is 0 Å². The van der Waals surface area contributed by atoms with Crippen molar-refractivity contribution in [2.75, 3.05) is 37.6 Å². The number of hydrogen-bond acceptors (Lipinski definition) is 6. The predicted molar refractivity (Wildman–Crippen MR) is 176 cm³/mol. The maximum Gasteiger partial charge on any atom is 0.419 e. The lowest BCUT2D eigenvalue weighted by molar-refractivity contribution is -0.185. The van der Waals surface area contributed by atoms with Crippen LogP contribution in [0.25, 0.3) is 0 Å². The molecule has 3 aromatic carbocycles. The highest BCUT2D eigenvalue weighted by molar-refractivity contribution is 5.54. The summed E-state index contributed by atoms with van der Waals surface area (Å²) in [5.74, 6) is 0.185. The van der Waals surface area contributed by atoms with Gasteiger partial charge in [-0.3, -0.25) is 9.88 Å². The van der Waals surface area contributed by atoms with Gasteiger partial charge in [-0.05, 0) is 41.5 Å². The van der Waals surface area contributed by atoms with E-state index in [1.54, 1.807) is 0 Å². The summed E-state index contributed by atoms with van der Waals surface area (Å²) < 4.78 is 61.4. The molecule has 6 nitrogen and oxygen atoms in total. The van der Waals surface area contributed by atoms with Gasteiger partial charge in [0.05, 0.1) is 43.3 Å². The zero-order valence-electron chi connectivity index (χ0n) is 26.5. The first kappa shape index (κ1) is 33.2. The largest absolute Gasteiger partial charge is 0.419 e. The second kappa shape index (κ2) is 15.9. The second-order valence-corrected chi connectivity index (χ2v) is 12.5. The zero-order valence-corrected chi connectivity index (χ0v) is 26.5. The molecule has 6 rings (SSSR count). The van der Waals surface area contributed by atoms with Crippen molar-refractivity contribution in [2.24, 2.45) is 5.92 Å². The Hall–Kier alpha value is -3.76. The highest BCUT2D eigenvalue weighted by Gasteiger charge is 2.41. The lowest BCUT2D eigenvalue weighted by Gasteiger charge is -2.45. The molecule has 0 N–H and O–H groups in total. The first-order chi connectivity index (χ1) is 22.9. The van der Waals surface area contributed by atoms with Gasteiger partial charge >= 0.3 is 6.18 Å². The number of alkyl halides is 3. The van der Waals surface area contributed by atoms with Gasteiger partial charge in [0.1, 0.15) is 6.10 Å². The number of pyridine rings is 1. The van der Waals surface area contributed by atoms with E-state index < -0.39 is 11.7 Å². The van der Waals surface area contributed by atoms with Crippen molar-refractivity contribution < 1.29 is 27.4 Å². The molecule has 0 amide bonds. The fourth-order valence-corrected chi connectivity index (χ4v) is 6.69. The van der Waals surface area contributed by atoms with Crippen LogP contribution in [-0.4, -0.2) is 60.9 Å². The molecule has 0 spiro atoms. The lowest BCUT2D eigenvalue weighted by atomic mass is 9.94. The molecule has 3 heterocycles. The average molecular weight is 646 g/mol. The number of ether oxygens (including phenoxy) is 3. The van der Waals surface area contributed by atoms with Crippen LogP contribution in [0, 0.1) is 5.92 Å². The van der Waals surface area contributed by atoms with Crippen molar-refractivity contribution in [3.8, 4) is 0 Å². The van der Waals surface area contributed by atoms with Crippen molar-refractivity contribution in [1.29, 1.82) is 0 Å². The summed E-state index contributed by atoms with van der Waals surface area (Å²) in [6.07, 6.45) is -1.17. The van der Waals surface area contributed by atoms with E-state index in [1.165, 1.54) is 12.3 Å². The summed E-state index contributed by atoms with van der Waals surface area (Å²) in [4.78, 5) is 8.00. The monoisotopic (exact) mass is 645 g/mol. The van der Waals surface area contributed by atoms with Crippen LogP contribution in [0.2, 0.25) is 0 Å². The van der Waals surface area contributed by atoms with E-state index in [-0.39, 0.29) is 29.9 Å². The number of likely N-dealkylation sites (tertiary alicyclic amines) is 1. The third kappa shape index (κ3) is 9.20. The van der Waals surface area contributed by atoms with Crippen molar-refractivity contribution in [1.82, 2.24) is 9.88 Å². The molecule has 47 heavy (non-hydrogen) atoms. The number of anilines is 1. The fraction of sp³-hybridized carbons (Fsp3) is 0.395. The molecular formula is C38H42F3N3O3. The highest BCUT2D eigenvalue weighted by Crippen LogP contribution is 2.37. The topological polar surface area (TPSA) is 47.1 Å². The van der Waals surface area contributed by atoms with Crippen LogP contribution >= 0.6 is 0 Å². The van der Waals surface area contributed by atoms with Crippen molar-refractivity contribution >= 4 is 5.69 Å². The van der Waals surface area contributed by atoms with Gasteiger partial charge < -0.3 is 19.1 Å². The Kier molecular flexibility index (Phi) is 11.2. The molecule has 9 heteroatoms. The Morgan fingerprint density at radius 2 is 1.21 bits per heavy atom. The minimum atomic E-state index is -4.45. The molecule has 1 aromatic heterocycles. The molecular weight excluding hydrogens is 603 g/mol. The van der Waals surface area contributed by atoms with Gasteiger partial charge in [0.15, 0.2) is 0 Å². The summed E-state index contributed by atoms with van der Waals surface area (Å²) in [7, 11) is 0. The van der Waals surface area contributed by atoms with Crippen molar-refractivity contribution in [2.45, 2.75) is 57.2 Å². The smallest absolute Gasteiger partial charge is 0.371 e. The number of rotatable bonds is 12. The molecule has 2 aliphatic rings. The highest BCUT2D eigenvalue weighted by atomic mass is 19.4. The number of aromatic nitrogens is 1. The van der Waals surface area contributed by atoms with Gasteiger partial charge in [0, 0.05) is 45.1 Å². The molecule has 4 aromatic rings. The molecule has 0 unspecified atom stereocenters. The van der Waals surface area contributed by atoms with E-state index >= 15 is 0 Å². The molecule has 2 aliphatic heterocycles. The van der Waals surface area contributed by atoms with Gasteiger partial charge in [0.2, 0.25) is 0 Å². The number of benzene rings is 3. The molecule has 248 valence electrons. The molecule has 0 radical (unpaired) electrons. The van der Waals surface area contributed by atoms with E-state index in [0.717, 1.165) is 42.3 Å². The average Bonchev–Trinajstić information content (AvgIpc) is 3.10. The number of halogens is 3. The molecule has 3 atom stereocenters. The molecule has 0 saturated carbocycles. The maximum absolute atomic E-state index is 13.8. The maximum atomic E-state index is 13.8.